The molecule has 1 aromatic rings. The normalized spacial score (nSPS) is 16.5. The van der Waals surface area contributed by atoms with Crippen LogP contribution >= 0.6 is 0 Å². The van der Waals surface area contributed by atoms with E-state index in [-0.39, 0.29) is 10.8 Å². The highest BCUT2D eigenvalue weighted by Crippen LogP contribution is 2.32. The summed E-state index contributed by atoms with van der Waals surface area (Å²) in [7, 11) is -3.96. The number of hydrogen-bond acceptors (Lipinski definition) is 6. The van der Waals surface area contributed by atoms with Gasteiger partial charge in [0.15, 0.2) is 11.5 Å². The quantitative estimate of drug-likeness (QED) is 0.516. The first-order chi connectivity index (χ1) is 10.9. The predicted octanol–water partition coefficient (Wildman–Crippen LogP) is 0.656. The number of sulfonamides is 1. The molecule has 23 heavy (non-hydrogen) atoms. The molecule has 128 valence electrons. The SMILES string of the molecule is CC[C@H](C)[C@H](NS(=O)(=O)c1ccc2c(c1)OCCO2)C(=O)NO. The topological polar surface area (TPSA) is 114 Å². The molecule has 1 aromatic carbocycles. The van der Waals surface area contributed by atoms with E-state index in [1.54, 1.807) is 6.92 Å². The molecule has 8 nitrogen and oxygen atoms in total. The Morgan fingerprint density at radius 2 is 1.96 bits per heavy atom. The average Bonchev–Trinajstić information content (AvgIpc) is 2.57. The number of rotatable bonds is 6. The van der Waals surface area contributed by atoms with Gasteiger partial charge in [0.05, 0.1) is 4.90 Å². The Morgan fingerprint density at radius 3 is 2.57 bits per heavy atom. The van der Waals surface area contributed by atoms with E-state index in [1.165, 1.54) is 23.7 Å². The standard InChI is InChI=1S/C14H20N2O6S/c1-3-9(2)13(14(17)15-18)16-23(19,20)10-4-5-11-12(8-10)22-7-6-21-11/h4-5,8-9,13,16,18H,3,6-7H2,1-2H3,(H,15,17)/t9-,13-/m0/s1. The number of hydroxylamine groups is 1. The molecule has 1 aliphatic heterocycles. The molecule has 0 radical (unpaired) electrons. The van der Waals surface area contributed by atoms with Gasteiger partial charge in [-0.1, -0.05) is 20.3 Å². The Balaban J connectivity index is 2.28. The van der Waals surface area contributed by atoms with Crippen LogP contribution < -0.4 is 19.7 Å². The number of nitrogens with one attached hydrogen (secondary N) is 2. The van der Waals surface area contributed by atoms with Gasteiger partial charge in [-0.25, -0.2) is 13.9 Å². The zero-order valence-corrected chi connectivity index (χ0v) is 13.7. The minimum absolute atomic E-state index is 0.0409. The molecular formula is C14H20N2O6S. The summed E-state index contributed by atoms with van der Waals surface area (Å²) in [4.78, 5) is 11.7. The molecule has 0 fully saturated rings. The summed E-state index contributed by atoms with van der Waals surface area (Å²) >= 11 is 0. The maximum atomic E-state index is 12.5. The second-order valence-electron chi connectivity index (χ2n) is 5.27. The second-order valence-corrected chi connectivity index (χ2v) is 6.98. The molecule has 0 unspecified atom stereocenters. The first-order valence-corrected chi connectivity index (χ1v) is 8.73. The Morgan fingerprint density at radius 1 is 1.30 bits per heavy atom. The van der Waals surface area contributed by atoms with Gasteiger partial charge in [0.25, 0.3) is 5.91 Å². The molecule has 1 heterocycles. The molecule has 0 bridgehead atoms. The van der Waals surface area contributed by atoms with E-state index < -0.39 is 22.0 Å². The van der Waals surface area contributed by atoms with Crippen LogP contribution in [-0.4, -0.2) is 38.8 Å². The van der Waals surface area contributed by atoms with Gasteiger partial charge in [0, 0.05) is 6.07 Å². The van der Waals surface area contributed by atoms with Crippen LogP contribution in [0.25, 0.3) is 0 Å². The van der Waals surface area contributed by atoms with Crippen LogP contribution in [0.5, 0.6) is 11.5 Å². The van der Waals surface area contributed by atoms with Gasteiger partial charge < -0.3 is 9.47 Å². The summed E-state index contributed by atoms with van der Waals surface area (Å²) < 4.78 is 38.0. The summed E-state index contributed by atoms with van der Waals surface area (Å²) in [5.41, 5.74) is 1.49. The number of carbonyl (C=O) groups excluding carboxylic acids is 1. The van der Waals surface area contributed by atoms with E-state index in [0.717, 1.165) is 0 Å². The van der Waals surface area contributed by atoms with Crippen LogP contribution in [0.3, 0.4) is 0 Å². The monoisotopic (exact) mass is 344 g/mol. The summed E-state index contributed by atoms with van der Waals surface area (Å²) in [6.45, 7) is 4.28. The molecule has 0 spiro atoms. The Labute approximate surface area is 134 Å². The first-order valence-electron chi connectivity index (χ1n) is 7.25. The molecule has 1 amide bonds. The molecule has 1 aliphatic rings. The Bertz CT molecular complexity index is 676. The number of amides is 1. The van der Waals surface area contributed by atoms with E-state index in [0.29, 0.717) is 31.1 Å². The van der Waals surface area contributed by atoms with Crippen molar-refractivity contribution in [2.75, 3.05) is 13.2 Å². The lowest BCUT2D eigenvalue weighted by atomic mass is 10.00. The minimum Gasteiger partial charge on any atom is -0.486 e. The lowest BCUT2D eigenvalue weighted by Crippen LogP contribution is -2.49. The van der Waals surface area contributed by atoms with Gasteiger partial charge in [-0.3, -0.25) is 10.0 Å². The van der Waals surface area contributed by atoms with E-state index in [1.807, 2.05) is 6.92 Å². The maximum Gasteiger partial charge on any atom is 0.261 e. The fourth-order valence-electron chi connectivity index (χ4n) is 2.16. The highest BCUT2D eigenvalue weighted by molar-refractivity contribution is 7.89. The van der Waals surface area contributed by atoms with Crippen molar-refractivity contribution >= 4 is 15.9 Å². The van der Waals surface area contributed by atoms with Gasteiger partial charge in [-0.2, -0.15) is 4.72 Å². The van der Waals surface area contributed by atoms with Gasteiger partial charge in [-0.05, 0) is 18.1 Å². The van der Waals surface area contributed by atoms with Gasteiger partial charge in [0.2, 0.25) is 10.0 Å². The molecule has 2 atom stereocenters. The van der Waals surface area contributed by atoms with E-state index >= 15 is 0 Å². The van der Waals surface area contributed by atoms with E-state index in [9.17, 15) is 13.2 Å². The number of carbonyl (C=O) groups is 1. The molecule has 0 aliphatic carbocycles. The average molecular weight is 344 g/mol. The molecule has 3 N–H and O–H groups in total. The zero-order chi connectivity index (χ0) is 17.0. The summed E-state index contributed by atoms with van der Waals surface area (Å²) in [5, 5.41) is 8.80. The van der Waals surface area contributed by atoms with Crippen molar-refractivity contribution in [1.82, 2.24) is 10.2 Å². The zero-order valence-electron chi connectivity index (χ0n) is 12.9. The third-order valence-electron chi connectivity index (χ3n) is 3.71. The van der Waals surface area contributed by atoms with Crippen LogP contribution in [0.2, 0.25) is 0 Å². The predicted molar refractivity (Wildman–Crippen MR) is 80.9 cm³/mol. The Hall–Kier alpha value is -1.84. The van der Waals surface area contributed by atoms with Crippen LogP contribution in [0.4, 0.5) is 0 Å². The molecule has 0 saturated carbocycles. The van der Waals surface area contributed by atoms with Crippen molar-refractivity contribution in [1.29, 1.82) is 0 Å². The van der Waals surface area contributed by atoms with E-state index in [2.05, 4.69) is 4.72 Å². The largest absolute Gasteiger partial charge is 0.486 e. The number of hydrogen-bond donors (Lipinski definition) is 3. The maximum absolute atomic E-state index is 12.5. The van der Waals surface area contributed by atoms with Crippen LogP contribution in [-0.2, 0) is 14.8 Å². The Kier molecular flexibility index (Phi) is 5.45. The second kappa shape index (κ2) is 7.16. The summed E-state index contributed by atoms with van der Waals surface area (Å²) in [5.74, 6) is -0.290. The van der Waals surface area contributed by atoms with Crippen molar-refractivity contribution < 1.29 is 27.9 Å². The van der Waals surface area contributed by atoms with Crippen molar-refractivity contribution in [3.63, 3.8) is 0 Å². The third kappa shape index (κ3) is 3.92. The highest BCUT2D eigenvalue weighted by Gasteiger charge is 2.30. The lowest BCUT2D eigenvalue weighted by molar-refractivity contribution is -0.132. The van der Waals surface area contributed by atoms with Crippen LogP contribution in [0.15, 0.2) is 23.1 Å². The first kappa shape index (κ1) is 17.5. The fraction of sp³-hybridized carbons (Fsp3) is 0.500. The molecule has 2 rings (SSSR count). The van der Waals surface area contributed by atoms with Gasteiger partial charge in [-0.15, -0.1) is 0 Å². The fourth-order valence-corrected chi connectivity index (χ4v) is 3.48. The number of benzene rings is 1. The van der Waals surface area contributed by atoms with Gasteiger partial charge >= 0.3 is 0 Å². The molecule has 9 heteroatoms. The number of ether oxygens (including phenoxy) is 2. The van der Waals surface area contributed by atoms with E-state index in [4.69, 9.17) is 14.7 Å². The third-order valence-corrected chi connectivity index (χ3v) is 5.15. The summed E-state index contributed by atoms with van der Waals surface area (Å²) in [6, 6.07) is 3.15. The van der Waals surface area contributed by atoms with Crippen molar-refractivity contribution in [2.45, 2.75) is 31.2 Å². The van der Waals surface area contributed by atoms with Crippen LogP contribution in [0, 0.1) is 5.92 Å². The van der Waals surface area contributed by atoms with Crippen molar-refractivity contribution in [3.8, 4) is 11.5 Å². The van der Waals surface area contributed by atoms with Crippen molar-refractivity contribution in [3.05, 3.63) is 18.2 Å². The molecular weight excluding hydrogens is 324 g/mol. The highest BCUT2D eigenvalue weighted by atomic mass is 32.2. The minimum atomic E-state index is -3.96. The van der Waals surface area contributed by atoms with Gasteiger partial charge in [0.1, 0.15) is 19.3 Å². The summed E-state index contributed by atoms with van der Waals surface area (Å²) in [6.07, 6.45) is 0.557. The van der Waals surface area contributed by atoms with Crippen LogP contribution in [0.1, 0.15) is 20.3 Å². The molecule has 0 aromatic heterocycles. The molecule has 0 saturated heterocycles. The number of fused-ring (bicyclic) bond motifs is 1. The smallest absolute Gasteiger partial charge is 0.261 e. The van der Waals surface area contributed by atoms with Crippen molar-refractivity contribution in [2.24, 2.45) is 5.92 Å². The lowest BCUT2D eigenvalue weighted by Gasteiger charge is -2.23.